The Bertz CT molecular complexity index is 733. The Morgan fingerprint density at radius 2 is 2.20 bits per heavy atom. The fourth-order valence-electron chi connectivity index (χ4n) is 3.08. The molecule has 0 saturated carbocycles. The van der Waals surface area contributed by atoms with Gasteiger partial charge in [-0.15, -0.1) is 0 Å². The SMILES string of the molecule is CNC(c1cc2cccc(C)c2o1)C1CCS(=O)(=O)C1. The van der Waals surface area contributed by atoms with Crippen LogP contribution in [0.2, 0.25) is 0 Å². The highest BCUT2D eigenvalue weighted by atomic mass is 32.2. The van der Waals surface area contributed by atoms with Gasteiger partial charge in [-0.3, -0.25) is 0 Å². The Kier molecular flexibility index (Phi) is 3.34. The number of sulfone groups is 1. The van der Waals surface area contributed by atoms with E-state index in [4.69, 9.17) is 4.42 Å². The van der Waals surface area contributed by atoms with Crippen molar-refractivity contribution >= 4 is 20.8 Å². The van der Waals surface area contributed by atoms with E-state index in [1.54, 1.807) is 0 Å². The zero-order valence-electron chi connectivity index (χ0n) is 11.7. The molecule has 2 heterocycles. The zero-order valence-corrected chi connectivity index (χ0v) is 12.5. The molecule has 1 aromatic carbocycles. The van der Waals surface area contributed by atoms with E-state index < -0.39 is 9.84 Å². The molecule has 0 bridgehead atoms. The van der Waals surface area contributed by atoms with Gasteiger partial charge in [0, 0.05) is 5.39 Å². The van der Waals surface area contributed by atoms with Crippen LogP contribution < -0.4 is 5.32 Å². The molecule has 1 aliphatic heterocycles. The van der Waals surface area contributed by atoms with Crippen LogP contribution >= 0.6 is 0 Å². The van der Waals surface area contributed by atoms with Crippen molar-refractivity contribution in [3.63, 3.8) is 0 Å². The average Bonchev–Trinajstić information content (AvgIpc) is 2.95. The van der Waals surface area contributed by atoms with Crippen LogP contribution in [-0.4, -0.2) is 27.0 Å². The summed E-state index contributed by atoms with van der Waals surface area (Å²) in [5.74, 6) is 1.45. The van der Waals surface area contributed by atoms with Crippen molar-refractivity contribution in [1.29, 1.82) is 0 Å². The van der Waals surface area contributed by atoms with Gasteiger partial charge in [0.2, 0.25) is 0 Å². The summed E-state index contributed by atoms with van der Waals surface area (Å²) >= 11 is 0. The molecule has 0 aliphatic carbocycles. The van der Waals surface area contributed by atoms with E-state index in [0.717, 1.165) is 22.3 Å². The van der Waals surface area contributed by atoms with Crippen molar-refractivity contribution < 1.29 is 12.8 Å². The number of fused-ring (bicyclic) bond motifs is 1. The van der Waals surface area contributed by atoms with Gasteiger partial charge in [-0.25, -0.2) is 8.42 Å². The maximum absolute atomic E-state index is 11.7. The van der Waals surface area contributed by atoms with Crippen LogP contribution in [-0.2, 0) is 9.84 Å². The third-order valence-corrected chi connectivity index (χ3v) is 5.91. The summed E-state index contributed by atoms with van der Waals surface area (Å²) in [5, 5.41) is 4.29. The number of hydrogen-bond donors (Lipinski definition) is 1. The van der Waals surface area contributed by atoms with Crippen molar-refractivity contribution in [3.05, 3.63) is 35.6 Å². The first-order valence-corrected chi connectivity index (χ1v) is 8.69. The molecule has 0 radical (unpaired) electrons. The number of rotatable bonds is 3. The van der Waals surface area contributed by atoms with E-state index in [0.29, 0.717) is 6.42 Å². The van der Waals surface area contributed by atoms with Crippen LogP contribution in [0.1, 0.15) is 23.8 Å². The Morgan fingerprint density at radius 3 is 2.80 bits per heavy atom. The van der Waals surface area contributed by atoms with Crippen LogP contribution in [0.25, 0.3) is 11.0 Å². The largest absolute Gasteiger partial charge is 0.459 e. The summed E-state index contributed by atoms with van der Waals surface area (Å²) in [5.41, 5.74) is 1.99. The number of hydrogen-bond acceptors (Lipinski definition) is 4. The third kappa shape index (κ3) is 2.36. The van der Waals surface area contributed by atoms with Gasteiger partial charge in [0.15, 0.2) is 9.84 Å². The molecule has 2 atom stereocenters. The van der Waals surface area contributed by atoms with Crippen LogP contribution in [0.15, 0.2) is 28.7 Å². The maximum atomic E-state index is 11.7. The second kappa shape index (κ2) is 4.90. The van der Waals surface area contributed by atoms with E-state index in [2.05, 4.69) is 5.32 Å². The predicted molar refractivity (Wildman–Crippen MR) is 79.5 cm³/mol. The third-order valence-electron chi connectivity index (χ3n) is 4.12. The molecule has 0 amide bonds. The molecule has 2 aromatic rings. The van der Waals surface area contributed by atoms with Crippen molar-refractivity contribution in [1.82, 2.24) is 5.32 Å². The van der Waals surface area contributed by atoms with Gasteiger partial charge in [-0.2, -0.15) is 0 Å². The summed E-state index contributed by atoms with van der Waals surface area (Å²) < 4.78 is 29.3. The van der Waals surface area contributed by atoms with E-state index in [9.17, 15) is 8.42 Å². The molecule has 4 nitrogen and oxygen atoms in total. The normalized spacial score (nSPS) is 23.2. The van der Waals surface area contributed by atoms with E-state index in [1.165, 1.54) is 0 Å². The quantitative estimate of drug-likeness (QED) is 0.944. The summed E-state index contributed by atoms with van der Waals surface area (Å²) in [6, 6.07) is 8.02. The van der Waals surface area contributed by atoms with Gasteiger partial charge < -0.3 is 9.73 Å². The number of aryl methyl sites for hydroxylation is 1. The first-order chi connectivity index (χ1) is 9.50. The van der Waals surface area contributed by atoms with Gasteiger partial charge in [-0.05, 0) is 37.9 Å². The van der Waals surface area contributed by atoms with Crippen molar-refractivity contribution in [3.8, 4) is 0 Å². The standard InChI is InChI=1S/C15H19NO3S/c1-10-4-3-5-11-8-13(19-15(10)11)14(16-2)12-6-7-20(17,18)9-12/h3-5,8,12,14,16H,6-7,9H2,1-2H3. The molecular weight excluding hydrogens is 274 g/mol. The fraction of sp³-hybridized carbons (Fsp3) is 0.467. The lowest BCUT2D eigenvalue weighted by atomic mass is 9.97. The molecule has 1 fully saturated rings. The highest BCUT2D eigenvalue weighted by Crippen LogP contribution is 2.34. The molecule has 108 valence electrons. The summed E-state index contributed by atoms with van der Waals surface area (Å²) in [4.78, 5) is 0. The minimum Gasteiger partial charge on any atom is -0.459 e. The van der Waals surface area contributed by atoms with Gasteiger partial charge >= 0.3 is 0 Å². The predicted octanol–water partition coefficient (Wildman–Crippen LogP) is 2.44. The molecular formula is C15H19NO3S. The molecule has 1 aromatic heterocycles. The van der Waals surface area contributed by atoms with Gasteiger partial charge in [0.25, 0.3) is 0 Å². The molecule has 20 heavy (non-hydrogen) atoms. The maximum Gasteiger partial charge on any atom is 0.150 e. The number of benzene rings is 1. The van der Waals surface area contributed by atoms with Gasteiger partial charge in [-0.1, -0.05) is 18.2 Å². The molecule has 3 rings (SSSR count). The first-order valence-electron chi connectivity index (χ1n) is 6.87. The average molecular weight is 293 g/mol. The minimum atomic E-state index is -2.88. The van der Waals surface area contributed by atoms with Crippen LogP contribution in [0.4, 0.5) is 0 Å². The van der Waals surface area contributed by atoms with E-state index >= 15 is 0 Å². The summed E-state index contributed by atoms with van der Waals surface area (Å²) in [7, 11) is -1.02. The monoisotopic (exact) mass is 293 g/mol. The van der Waals surface area contributed by atoms with Crippen LogP contribution in [0.3, 0.4) is 0 Å². The molecule has 0 spiro atoms. The second-order valence-corrected chi connectivity index (χ2v) is 7.80. The molecule has 1 saturated heterocycles. The Morgan fingerprint density at radius 1 is 1.40 bits per heavy atom. The van der Waals surface area contributed by atoms with E-state index in [-0.39, 0.29) is 23.5 Å². The van der Waals surface area contributed by atoms with Crippen LogP contribution in [0.5, 0.6) is 0 Å². The molecule has 2 unspecified atom stereocenters. The summed E-state index contributed by atoms with van der Waals surface area (Å²) in [6.45, 7) is 2.02. The Labute approximate surface area is 119 Å². The number of furan rings is 1. The second-order valence-electron chi connectivity index (χ2n) is 5.57. The zero-order chi connectivity index (χ0) is 14.3. The van der Waals surface area contributed by atoms with Crippen molar-refractivity contribution in [2.75, 3.05) is 18.6 Å². The topological polar surface area (TPSA) is 59.3 Å². The number of para-hydroxylation sites is 1. The van der Waals surface area contributed by atoms with Gasteiger partial charge in [0.1, 0.15) is 11.3 Å². The van der Waals surface area contributed by atoms with Crippen molar-refractivity contribution in [2.24, 2.45) is 5.92 Å². The lowest BCUT2D eigenvalue weighted by molar-refractivity contribution is 0.356. The number of nitrogens with one attached hydrogen (secondary N) is 1. The Balaban J connectivity index is 1.97. The molecule has 1 aliphatic rings. The molecule has 1 N–H and O–H groups in total. The lowest BCUT2D eigenvalue weighted by Crippen LogP contribution is -2.25. The first kappa shape index (κ1) is 13.6. The van der Waals surface area contributed by atoms with Gasteiger partial charge in [0.05, 0.1) is 17.5 Å². The highest BCUT2D eigenvalue weighted by molar-refractivity contribution is 7.91. The minimum absolute atomic E-state index is 0.0425. The lowest BCUT2D eigenvalue weighted by Gasteiger charge is -2.19. The van der Waals surface area contributed by atoms with Crippen molar-refractivity contribution in [2.45, 2.75) is 19.4 Å². The highest BCUT2D eigenvalue weighted by Gasteiger charge is 2.35. The smallest absolute Gasteiger partial charge is 0.150 e. The summed E-state index contributed by atoms with van der Waals surface area (Å²) in [6.07, 6.45) is 0.698. The molecule has 5 heteroatoms. The Hall–Kier alpha value is -1.33. The van der Waals surface area contributed by atoms with Crippen LogP contribution in [0, 0.1) is 12.8 Å². The fourth-order valence-corrected chi connectivity index (χ4v) is 4.92. The van der Waals surface area contributed by atoms with E-state index in [1.807, 2.05) is 38.2 Å².